The molecule has 2 rings (SSSR count). The highest BCUT2D eigenvalue weighted by molar-refractivity contribution is 6.04. The number of aliphatic carboxylic acids is 1. The second-order valence-corrected chi connectivity index (χ2v) is 4.02. The number of allylic oxidation sites excluding steroid dienone is 1. The van der Waals surface area contributed by atoms with Crippen molar-refractivity contribution in [2.75, 3.05) is 6.61 Å². The summed E-state index contributed by atoms with van der Waals surface area (Å²) in [5, 5.41) is 9.01. The topological polar surface area (TPSA) is 80.7 Å². The zero-order valence-electron chi connectivity index (χ0n) is 8.80. The number of rotatable bonds is 4. The molecule has 5 heteroatoms. The van der Waals surface area contributed by atoms with Gasteiger partial charge in [0.15, 0.2) is 0 Å². The Kier molecular flexibility index (Phi) is 2.33. The number of carbonyl (C=O) groups is 3. The molecule has 0 radical (unpaired) electrons. The molecule has 1 saturated carbocycles. The zero-order valence-corrected chi connectivity index (χ0v) is 8.80. The van der Waals surface area contributed by atoms with Crippen LogP contribution in [0.15, 0.2) is 11.6 Å². The summed E-state index contributed by atoms with van der Waals surface area (Å²) in [6.45, 7) is 1.84. The van der Waals surface area contributed by atoms with Gasteiger partial charge >= 0.3 is 11.9 Å². The first-order valence-corrected chi connectivity index (χ1v) is 5.17. The molecule has 2 aliphatic carbocycles. The summed E-state index contributed by atoms with van der Waals surface area (Å²) in [5.74, 6) is -2.46. The number of aldehydes is 1. The maximum atomic E-state index is 11.8. The van der Waals surface area contributed by atoms with E-state index < -0.39 is 23.3 Å². The van der Waals surface area contributed by atoms with Crippen LogP contribution < -0.4 is 0 Å². The predicted molar refractivity (Wildman–Crippen MR) is 52.4 cm³/mol. The molecule has 86 valence electrons. The van der Waals surface area contributed by atoms with E-state index in [0.717, 1.165) is 0 Å². The molecule has 1 N–H and O–H groups in total. The van der Waals surface area contributed by atoms with E-state index in [1.165, 1.54) is 6.08 Å². The molecule has 0 aromatic carbocycles. The normalized spacial score (nSPS) is 34.9. The Balaban J connectivity index is 2.35. The zero-order chi connectivity index (χ0) is 11.9. The molecule has 0 unspecified atom stereocenters. The molecule has 0 heterocycles. The standard InChI is InChI=1S/C11H12O5/c1-2-16-10(15)11-6(8(11)5-12)3-4-7(11)9(13)14/h4-6,8H,2-3H2,1H3,(H,13,14)/t6-,8+,11-/m1/s1. The van der Waals surface area contributed by atoms with Crippen LogP contribution in [0, 0.1) is 17.3 Å². The fourth-order valence-corrected chi connectivity index (χ4v) is 2.73. The van der Waals surface area contributed by atoms with Gasteiger partial charge in [-0.15, -0.1) is 0 Å². The molecule has 3 atom stereocenters. The highest BCUT2D eigenvalue weighted by Gasteiger charge is 2.75. The molecule has 2 aliphatic rings. The van der Waals surface area contributed by atoms with Gasteiger partial charge in [-0.05, 0) is 19.3 Å². The van der Waals surface area contributed by atoms with Crippen LogP contribution in [0.5, 0.6) is 0 Å². The van der Waals surface area contributed by atoms with E-state index in [4.69, 9.17) is 9.84 Å². The van der Waals surface area contributed by atoms with Crippen molar-refractivity contribution in [3.05, 3.63) is 11.6 Å². The van der Waals surface area contributed by atoms with Crippen LogP contribution in [0.1, 0.15) is 13.3 Å². The fourth-order valence-electron chi connectivity index (χ4n) is 2.73. The summed E-state index contributed by atoms with van der Waals surface area (Å²) in [5.41, 5.74) is -1.17. The minimum absolute atomic E-state index is 0.0213. The molecule has 0 aliphatic heterocycles. The Labute approximate surface area is 92.1 Å². The first-order chi connectivity index (χ1) is 7.60. The van der Waals surface area contributed by atoms with E-state index in [1.54, 1.807) is 6.92 Å². The fraction of sp³-hybridized carbons (Fsp3) is 0.545. The summed E-state index contributed by atoms with van der Waals surface area (Å²) in [6.07, 6.45) is 2.64. The quantitative estimate of drug-likeness (QED) is 0.552. The predicted octanol–water partition coefficient (Wildman–Crippen LogP) is 0.395. The Morgan fingerprint density at radius 3 is 2.81 bits per heavy atom. The van der Waals surface area contributed by atoms with Crippen LogP contribution >= 0.6 is 0 Å². The van der Waals surface area contributed by atoms with Gasteiger partial charge in [0, 0.05) is 5.92 Å². The van der Waals surface area contributed by atoms with Crippen LogP contribution in [0.4, 0.5) is 0 Å². The summed E-state index contributed by atoms with van der Waals surface area (Å²) >= 11 is 0. The average Bonchev–Trinajstić information content (AvgIpc) is 2.71. The number of fused-ring (bicyclic) bond motifs is 1. The molecular formula is C11H12O5. The van der Waals surface area contributed by atoms with E-state index in [2.05, 4.69) is 0 Å². The maximum absolute atomic E-state index is 11.8. The highest BCUT2D eigenvalue weighted by Crippen LogP contribution is 2.68. The number of ether oxygens (including phenoxy) is 1. The summed E-state index contributed by atoms with van der Waals surface area (Å²) in [7, 11) is 0. The van der Waals surface area contributed by atoms with Crippen molar-refractivity contribution in [2.24, 2.45) is 17.3 Å². The lowest BCUT2D eigenvalue weighted by Gasteiger charge is -2.13. The molecular weight excluding hydrogens is 212 g/mol. The monoisotopic (exact) mass is 224 g/mol. The maximum Gasteiger partial charge on any atom is 0.332 e. The SMILES string of the molecule is CCOC(=O)[C@@]12C(C(=O)O)=CC[C@@H]1[C@@H]2C=O. The molecule has 0 aromatic heterocycles. The van der Waals surface area contributed by atoms with Crippen molar-refractivity contribution >= 4 is 18.2 Å². The number of carboxylic acids is 1. The van der Waals surface area contributed by atoms with Crippen molar-refractivity contribution in [2.45, 2.75) is 13.3 Å². The first kappa shape index (κ1) is 10.9. The Morgan fingerprint density at radius 1 is 1.69 bits per heavy atom. The lowest BCUT2D eigenvalue weighted by atomic mass is 9.94. The van der Waals surface area contributed by atoms with Crippen molar-refractivity contribution in [1.29, 1.82) is 0 Å². The van der Waals surface area contributed by atoms with Gasteiger partial charge in [-0.2, -0.15) is 0 Å². The number of hydrogen-bond donors (Lipinski definition) is 1. The van der Waals surface area contributed by atoms with E-state index >= 15 is 0 Å². The second kappa shape index (κ2) is 3.43. The molecule has 0 saturated heterocycles. The molecule has 0 amide bonds. The van der Waals surface area contributed by atoms with Gasteiger partial charge in [0.25, 0.3) is 0 Å². The van der Waals surface area contributed by atoms with Gasteiger partial charge in [-0.25, -0.2) is 4.79 Å². The smallest absolute Gasteiger partial charge is 0.332 e. The van der Waals surface area contributed by atoms with E-state index in [-0.39, 0.29) is 18.1 Å². The Morgan fingerprint density at radius 2 is 2.38 bits per heavy atom. The van der Waals surface area contributed by atoms with Crippen molar-refractivity contribution < 1.29 is 24.2 Å². The van der Waals surface area contributed by atoms with E-state index in [9.17, 15) is 14.4 Å². The number of carboxylic acid groups (broad SMARTS) is 1. The van der Waals surface area contributed by atoms with Crippen molar-refractivity contribution in [1.82, 2.24) is 0 Å². The van der Waals surface area contributed by atoms with Crippen LogP contribution in [0.25, 0.3) is 0 Å². The van der Waals surface area contributed by atoms with Gasteiger partial charge < -0.3 is 14.6 Å². The molecule has 0 aromatic rings. The molecule has 0 spiro atoms. The summed E-state index contributed by atoms with van der Waals surface area (Å²) < 4.78 is 4.88. The van der Waals surface area contributed by atoms with Gasteiger partial charge in [0.05, 0.1) is 12.2 Å². The number of hydrogen-bond acceptors (Lipinski definition) is 4. The number of carbonyl (C=O) groups excluding carboxylic acids is 2. The van der Waals surface area contributed by atoms with Gasteiger partial charge in [0.2, 0.25) is 0 Å². The van der Waals surface area contributed by atoms with E-state index in [0.29, 0.717) is 12.7 Å². The minimum atomic E-state index is -1.19. The molecule has 0 bridgehead atoms. The minimum Gasteiger partial charge on any atom is -0.478 e. The Bertz CT molecular complexity index is 397. The summed E-state index contributed by atoms with van der Waals surface area (Å²) in [4.78, 5) is 33.7. The molecule has 5 nitrogen and oxygen atoms in total. The highest BCUT2D eigenvalue weighted by atomic mass is 16.5. The largest absolute Gasteiger partial charge is 0.478 e. The lowest BCUT2D eigenvalue weighted by Crippen LogP contribution is -2.27. The van der Waals surface area contributed by atoms with E-state index in [1.807, 2.05) is 0 Å². The third-order valence-electron chi connectivity index (χ3n) is 3.45. The molecule has 16 heavy (non-hydrogen) atoms. The van der Waals surface area contributed by atoms with Crippen LogP contribution in [-0.4, -0.2) is 29.9 Å². The van der Waals surface area contributed by atoms with Gasteiger partial charge in [0.1, 0.15) is 11.7 Å². The number of esters is 1. The van der Waals surface area contributed by atoms with Crippen LogP contribution in [0.3, 0.4) is 0 Å². The summed E-state index contributed by atoms with van der Waals surface area (Å²) in [6, 6.07) is 0. The third-order valence-corrected chi connectivity index (χ3v) is 3.45. The van der Waals surface area contributed by atoms with Gasteiger partial charge in [-0.3, -0.25) is 4.79 Å². The first-order valence-electron chi connectivity index (χ1n) is 5.17. The van der Waals surface area contributed by atoms with Crippen molar-refractivity contribution in [3.63, 3.8) is 0 Å². The van der Waals surface area contributed by atoms with Crippen LogP contribution in [0.2, 0.25) is 0 Å². The van der Waals surface area contributed by atoms with Gasteiger partial charge in [-0.1, -0.05) is 6.08 Å². The average molecular weight is 224 g/mol. The lowest BCUT2D eigenvalue weighted by molar-refractivity contribution is -0.151. The third kappa shape index (κ3) is 1.08. The van der Waals surface area contributed by atoms with Crippen LogP contribution in [-0.2, 0) is 19.1 Å². The van der Waals surface area contributed by atoms with Crippen molar-refractivity contribution in [3.8, 4) is 0 Å². The second-order valence-electron chi connectivity index (χ2n) is 4.02. The molecule has 1 fully saturated rings. The Hall–Kier alpha value is -1.65.